The molecule has 1 aliphatic carbocycles. The predicted octanol–water partition coefficient (Wildman–Crippen LogP) is 6.56. The zero-order valence-electron chi connectivity index (χ0n) is 21.4. The van der Waals surface area contributed by atoms with E-state index < -0.39 is 39.9 Å². The molecule has 7 nitrogen and oxygen atoms in total. The fraction of sp³-hybridized carbons (Fsp3) is 0.121. The molecule has 0 bridgehead atoms. The lowest BCUT2D eigenvalue weighted by atomic mass is 9.64. The van der Waals surface area contributed by atoms with E-state index in [4.69, 9.17) is 11.6 Å². The Labute approximate surface area is 239 Å². The second kappa shape index (κ2) is 9.08. The summed E-state index contributed by atoms with van der Waals surface area (Å²) in [4.78, 5) is 57.0. The fourth-order valence-corrected chi connectivity index (χ4v) is 7.11. The van der Waals surface area contributed by atoms with Crippen LogP contribution >= 0.6 is 11.6 Å². The number of hydrogen-bond donors (Lipinski definition) is 0. The Bertz CT molecular complexity index is 1800. The Balaban J connectivity index is 1.57. The zero-order chi connectivity index (χ0) is 28.5. The number of nitrogens with zero attached hydrogens (tertiary/aromatic N) is 2. The van der Waals surface area contributed by atoms with Crippen molar-refractivity contribution in [1.29, 1.82) is 0 Å². The topological polar surface area (TPSA) is 97.6 Å². The molecule has 1 fully saturated rings. The predicted molar refractivity (Wildman–Crippen MR) is 155 cm³/mol. The maximum absolute atomic E-state index is 14.6. The smallest absolute Gasteiger partial charge is 0.269 e. The molecule has 0 saturated carbocycles. The van der Waals surface area contributed by atoms with E-state index >= 15 is 0 Å². The average Bonchev–Trinajstić information content (AvgIpc) is 3.43. The van der Waals surface area contributed by atoms with Gasteiger partial charge in [0.25, 0.3) is 5.69 Å². The average molecular weight is 561 g/mol. The zero-order valence-corrected chi connectivity index (χ0v) is 22.2. The summed E-state index contributed by atoms with van der Waals surface area (Å²) in [6, 6.07) is 24.7. The van der Waals surface area contributed by atoms with Gasteiger partial charge >= 0.3 is 0 Å². The first kappa shape index (κ1) is 25.1. The van der Waals surface area contributed by atoms with E-state index in [0.717, 1.165) is 5.56 Å². The van der Waals surface area contributed by atoms with Crippen LogP contribution in [0.3, 0.4) is 0 Å². The highest BCUT2D eigenvalue weighted by Crippen LogP contribution is 2.61. The highest BCUT2D eigenvalue weighted by molar-refractivity contribution is 6.32. The number of non-ortho nitro benzene ring substituents is 1. The molecule has 8 heteroatoms. The van der Waals surface area contributed by atoms with Crippen LogP contribution in [0.25, 0.3) is 6.08 Å². The van der Waals surface area contributed by atoms with Crippen molar-refractivity contribution in [2.24, 2.45) is 5.41 Å². The van der Waals surface area contributed by atoms with Gasteiger partial charge < -0.3 is 4.90 Å². The number of nitro groups is 1. The number of ketones is 3. The minimum absolute atomic E-state index is 0.188. The molecule has 0 radical (unpaired) electrons. The van der Waals surface area contributed by atoms with Gasteiger partial charge in [0.15, 0.2) is 17.3 Å². The highest BCUT2D eigenvalue weighted by Gasteiger charge is 2.71. The van der Waals surface area contributed by atoms with Gasteiger partial charge in [-0.1, -0.05) is 90.5 Å². The van der Waals surface area contributed by atoms with E-state index in [0.29, 0.717) is 21.8 Å². The molecule has 200 valence electrons. The van der Waals surface area contributed by atoms with Gasteiger partial charge in [0.05, 0.1) is 11.0 Å². The largest absolute Gasteiger partial charge is 0.352 e. The number of Topliss-reactive ketones (excluding diaryl/α,β-unsaturated/α-hetero) is 3. The van der Waals surface area contributed by atoms with E-state index in [1.54, 1.807) is 84.9 Å². The molecule has 0 amide bonds. The van der Waals surface area contributed by atoms with Gasteiger partial charge in [-0.25, -0.2) is 0 Å². The van der Waals surface area contributed by atoms with Gasteiger partial charge in [0.2, 0.25) is 0 Å². The Morgan fingerprint density at radius 2 is 1.54 bits per heavy atom. The molecule has 3 aliphatic rings. The molecular weight excluding hydrogens is 540 g/mol. The van der Waals surface area contributed by atoms with Crippen molar-refractivity contribution in [2.75, 3.05) is 4.90 Å². The molecular formula is C33H21ClN2O5. The van der Waals surface area contributed by atoms with Crippen LogP contribution in [0.2, 0.25) is 5.02 Å². The number of hydrogen-bond acceptors (Lipinski definition) is 6. The molecule has 41 heavy (non-hydrogen) atoms. The molecule has 0 N–H and O–H groups in total. The maximum Gasteiger partial charge on any atom is 0.269 e. The minimum Gasteiger partial charge on any atom is -0.352 e. The quantitative estimate of drug-likeness (QED) is 0.121. The first-order valence-corrected chi connectivity index (χ1v) is 13.5. The fourth-order valence-electron chi connectivity index (χ4n) is 6.93. The molecule has 7 rings (SSSR count). The Morgan fingerprint density at radius 1 is 0.854 bits per heavy atom. The first-order valence-electron chi connectivity index (χ1n) is 13.1. The van der Waals surface area contributed by atoms with Crippen LogP contribution in [0.5, 0.6) is 0 Å². The monoisotopic (exact) mass is 560 g/mol. The summed E-state index contributed by atoms with van der Waals surface area (Å²) in [7, 11) is 0. The third-order valence-electron chi connectivity index (χ3n) is 8.53. The maximum atomic E-state index is 14.6. The van der Waals surface area contributed by atoms with E-state index in [1.165, 1.54) is 18.2 Å². The normalized spacial score (nSPS) is 21.5. The third-order valence-corrected chi connectivity index (χ3v) is 8.77. The van der Waals surface area contributed by atoms with Gasteiger partial charge in [0.1, 0.15) is 11.5 Å². The molecule has 4 aromatic carbocycles. The van der Waals surface area contributed by atoms with Gasteiger partial charge in [-0.15, -0.1) is 0 Å². The van der Waals surface area contributed by atoms with Gasteiger partial charge in [-0.2, -0.15) is 0 Å². The molecule has 3 atom stereocenters. The van der Waals surface area contributed by atoms with Crippen LogP contribution in [0.4, 0.5) is 11.4 Å². The van der Waals surface area contributed by atoms with Crippen molar-refractivity contribution in [3.8, 4) is 0 Å². The molecule has 2 aliphatic heterocycles. The molecule has 1 saturated heterocycles. The number of rotatable bonds is 4. The third kappa shape index (κ3) is 3.42. The number of anilines is 1. The molecule has 0 aromatic heterocycles. The number of fused-ring (bicyclic) bond motifs is 5. The lowest BCUT2D eigenvalue weighted by Gasteiger charge is -2.37. The number of halogens is 1. The Morgan fingerprint density at radius 3 is 2.22 bits per heavy atom. The van der Waals surface area contributed by atoms with Crippen molar-refractivity contribution in [3.05, 3.63) is 146 Å². The lowest BCUT2D eigenvalue weighted by molar-refractivity contribution is -0.384. The highest BCUT2D eigenvalue weighted by atomic mass is 35.5. The number of carbonyl (C=O) groups excluding carboxylic acids is 3. The van der Waals surface area contributed by atoms with Gasteiger partial charge in [0, 0.05) is 45.5 Å². The van der Waals surface area contributed by atoms with Gasteiger partial charge in [-0.3, -0.25) is 24.5 Å². The summed E-state index contributed by atoms with van der Waals surface area (Å²) in [6.45, 7) is 0. The second-order valence-electron chi connectivity index (χ2n) is 10.5. The van der Waals surface area contributed by atoms with Gasteiger partial charge in [-0.05, 0) is 29.3 Å². The number of nitro benzene ring substituents is 1. The van der Waals surface area contributed by atoms with Crippen molar-refractivity contribution < 1.29 is 19.3 Å². The first-order chi connectivity index (χ1) is 19.8. The standard InChI is InChI=1S/C33H21ClN2O5/c34-22-14-15-26-20(17-22)13-16-27-33(31(38)24-11-4-5-12-25(24)32(33)39)28(21-9-6-10-23(18-21)36(40)41)29(35(26)27)30(37)19-7-2-1-3-8-19/h1-18,27-29H/t27-,28-,29+/m1/s1. The summed E-state index contributed by atoms with van der Waals surface area (Å²) in [5.41, 5.74) is 0.830. The van der Waals surface area contributed by atoms with Crippen LogP contribution in [-0.2, 0) is 0 Å². The number of benzene rings is 4. The summed E-state index contributed by atoms with van der Waals surface area (Å²) in [5, 5.41) is 12.3. The summed E-state index contributed by atoms with van der Waals surface area (Å²) in [5.74, 6) is -2.11. The van der Waals surface area contributed by atoms with Crippen molar-refractivity contribution in [2.45, 2.75) is 18.0 Å². The van der Waals surface area contributed by atoms with E-state index in [-0.39, 0.29) is 22.6 Å². The van der Waals surface area contributed by atoms with Crippen LogP contribution < -0.4 is 4.90 Å². The summed E-state index contributed by atoms with van der Waals surface area (Å²) in [6.07, 6.45) is 3.62. The van der Waals surface area contributed by atoms with Crippen molar-refractivity contribution in [3.63, 3.8) is 0 Å². The van der Waals surface area contributed by atoms with Crippen molar-refractivity contribution in [1.82, 2.24) is 0 Å². The van der Waals surface area contributed by atoms with Crippen LogP contribution in [-0.4, -0.2) is 34.4 Å². The van der Waals surface area contributed by atoms with Crippen LogP contribution in [0.15, 0.2) is 103 Å². The second-order valence-corrected chi connectivity index (χ2v) is 10.9. The lowest BCUT2D eigenvalue weighted by Crippen LogP contribution is -2.48. The SMILES string of the molecule is O=C(c1ccccc1)[C@@H]1[C@@H](c2cccc([N+](=O)[O-])c2)C2(C(=O)c3ccccc3C2=O)[C@H]2C=Cc3cc(Cl)ccc3N12. The summed E-state index contributed by atoms with van der Waals surface area (Å²) < 4.78 is 0. The Kier molecular flexibility index (Phi) is 5.56. The number of carbonyl (C=O) groups is 3. The van der Waals surface area contributed by atoms with Crippen LogP contribution in [0.1, 0.15) is 48.1 Å². The molecule has 1 spiro atoms. The van der Waals surface area contributed by atoms with E-state index in [1.807, 2.05) is 11.0 Å². The molecule has 2 heterocycles. The van der Waals surface area contributed by atoms with Crippen LogP contribution in [0, 0.1) is 15.5 Å². The van der Waals surface area contributed by atoms with E-state index in [9.17, 15) is 24.5 Å². The van der Waals surface area contributed by atoms with E-state index in [2.05, 4.69) is 0 Å². The van der Waals surface area contributed by atoms with Crippen molar-refractivity contribution >= 4 is 46.4 Å². The minimum atomic E-state index is -1.73. The molecule has 4 aromatic rings. The summed E-state index contributed by atoms with van der Waals surface area (Å²) >= 11 is 6.32. The Hall–Kier alpha value is -4.88. The molecule has 0 unspecified atom stereocenters.